The summed E-state index contributed by atoms with van der Waals surface area (Å²) in [6, 6.07) is 1.71. The Balaban J connectivity index is 2.09. The van der Waals surface area contributed by atoms with Crippen molar-refractivity contribution in [2.24, 2.45) is 0 Å². The Hall–Kier alpha value is -0.0800. The van der Waals surface area contributed by atoms with E-state index in [4.69, 9.17) is 0 Å². The summed E-state index contributed by atoms with van der Waals surface area (Å²) in [7, 11) is 4.51. The number of likely N-dealkylation sites (N-methyl/N-ethyl adjacent to an activating group) is 2. The van der Waals surface area contributed by atoms with Crippen molar-refractivity contribution in [1.82, 2.24) is 9.80 Å². The molecule has 0 amide bonds. The van der Waals surface area contributed by atoms with Crippen LogP contribution in [-0.4, -0.2) is 49.1 Å². The molecule has 2 unspecified atom stereocenters. The predicted molar refractivity (Wildman–Crippen MR) is 42.1 cm³/mol. The topological polar surface area (TPSA) is 6.48 Å². The average molecular weight is 140 g/mol. The van der Waals surface area contributed by atoms with Crippen LogP contribution in [0.1, 0.15) is 12.8 Å². The average Bonchev–Trinajstić information content (AvgIpc) is 1.91. The Labute approximate surface area is 62.8 Å². The van der Waals surface area contributed by atoms with E-state index in [2.05, 4.69) is 23.9 Å². The summed E-state index contributed by atoms with van der Waals surface area (Å²) in [6.45, 7) is 2.59. The fraction of sp³-hybridized carbons (Fsp3) is 1.00. The van der Waals surface area contributed by atoms with Crippen LogP contribution in [-0.2, 0) is 0 Å². The van der Waals surface area contributed by atoms with Crippen LogP contribution in [0, 0.1) is 0 Å². The van der Waals surface area contributed by atoms with Crippen LogP contribution in [0.25, 0.3) is 0 Å². The molecule has 0 aliphatic carbocycles. The van der Waals surface area contributed by atoms with Gasteiger partial charge >= 0.3 is 0 Å². The number of nitrogens with zero attached hydrogens (tertiary/aromatic N) is 2. The smallest absolute Gasteiger partial charge is 0.0221 e. The highest BCUT2D eigenvalue weighted by Gasteiger charge is 2.34. The van der Waals surface area contributed by atoms with Gasteiger partial charge in [0.05, 0.1) is 0 Å². The van der Waals surface area contributed by atoms with E-state index in [1.54, 1.807) is 0 Å². The second-order valence-electron chi connectivity index (χ2n) is 3.76. The Morgan fingerprint density at radius 1 is 0.900 bits per heavy atom. The Morgan fingerprint density at radius 2 is 1.30 bits per heavy atom. The SMILES string of the molecule is CN1CC2CCC1CN2C. The summed E-state index contributed by atoms with van der Waals surface area (Å²) in [4.78, 5) is 5.02. The summed E-state index contributed by atoms with van der Waals surface area (Å²) >= 11 is 0. The van der Waals surface area contributed by atoms with E-state index in [1.165, 1.54) is 25.9 Å². The monoisotopic (exact) mass is 140 g/mol. The zero-order chi connectivity index (χ0) is 7.14. The quantitative estimate of drug-likeness (QED) is 0.480. The fourth-order valence-electron chi connectivity index (χ4n) is 2.25. The van der Waals surface area contributed by atoms with E-state index < -0.39 is 0 Å². The first kappa shape index (κ1) is 6.62. The molecule has 58 valence electrons. The number of rotatable bonds is 0. The van der Waals surface area contributed by atoms with Crippen LogP contribution < -0.4 is 0 Å². The lowest BCUT2D eigenvalue weighted by atomic mass is 9.92. The minimum atomic E-state index is 0.856. The van der Waals surface area contributed by atoms with E-state index in [-0.39, 0.29) is 0 Å². The molecule has 3 fully saturated rings. The maximum absolute atomic E-state index is 2.51. The summed E-state index contributed by atoms with van der Waals surface area (Å²) in [5.74, 6) is 0. The summed E-state index contributed by atoms with van der Waals surface area (Å²) < 4.78 is 0. The Bertz CT molecular complexity index is 119. The third kappa shape index (κ3) is 0.867. The largest absolute Gasteiger partial charge is 0.301 e. The van der Waals surface area contributed by atoms with Gasteiger partial charge < -0.3 is 9.80 Å². The molecule has 3 saturated heterocycles. The molecular weight excluding hydrogens is 124 g/mol. The molecule has 0 spiro atoms. The van der Waals surface area contributed by atoms with Crippen LogP contribution >= 0.6 is 0 Å². The van der Waals surface area contributed by atoms with Gasteiger partial charge in [-0.1, -0.05) is 0 Å². The summed E-state index contributed by atoms with van der Waals surface area (Å²) in [5, 5.41) is 0. The van der Waals surface area contributed by atoms with Gasteiger partial charge in [0.1, 0.15) is 0 Å². The number of hydrogen-bond donors (Lipinski definition) is 0. The van der Waals surface area contributed by atoms with Gasteiger partial charge in [-0.05, 0) is 26.9 Å². The number of piperidine rings is 2. The molecule has 3 heterocycles. The Kier molecular flexibility index (Phi) is 1.46. The van der Waals surface area contributed by atoms with Crippen molar-refractivity contribution in [2.45, 2.75) is 24.9 Å². The predicted octanol–water partition coefficient (Wildman–Crippen LogP) is 0.395. The lowest BCUT2D eigenvalue weighted by molar-refractivity contribution is 0.00971. The van der Waals surface area contributed by atoms with Crippen LogP contribution in [0.2, 0.25) is 0 Å². The van der Waals surface area contributed by atoms with Crippen molar-refractivity contribution in [2.75, 3.05) is 27.2 Å². The number of hydrogen-bond acceptors (Lipinski definition) is 2. The molecule has 3 aliphatic heterocycles. The van der Waals surface area contributed by atoms with E-state index in [0.717, 1.165) is 12.1 Å². The van der Waals surface area contributed by atoms with Crippen molar-refractivity contribution in [1.29, 1.82) is 0 Å². The zero-order valence-corrected chi connectivity index (χ0v) is 6.88. The van der Waals surface area contributed by atoms with Gasteiger partial charge in [-0.15, -0.1) is 0 Å². The van der Waals surface area contributed by atoms with Gasteiger partial charge in [0.2, 0.25) is 0 Å². The first-order valence-electron chi connectivity index (χ1n) is 4.18. The van der Waals surface area contributed by atoms with E-state index in [0.29, 0.717) is 0 Å². The molecular formula is C8H16N2. The molecule has 2 bridgehead atoms. The van der Waals surface area contributed by atoms with Crippen LogP contribution in [0.15, 0.2) is 0 Å². The second-order valence-corrected chi connectivity index (χ2v) is 3.76. The highest BCUT2D eigenvalue weighted by atomic mass is 15.3. The second kappa shape index (κ2) is 2.21. The molecule has 0 N–H and O–H groups in total. The zero-order valence-electron chi connectivity index (χ0n) is 6.88. The van der Waals surface area contributed by atoms with Crippen molar-refractivity contribution in [3.8, 4) is 0 Å². The highest BCUT2D eigenvalue weighted by molar-refractivity contribution is 4.91. The first-order valence-corrected chi connectivity index (χ1v) is 4.18. The van der Waals surface area contributed by atoms with E-state index in [9.17, 15) is 0 Å². The molecule has 0 radical (unpaired) electrons. The molecule has 0 aromatic rings. The molecule has 10 heavy (non-hydrogen) atoms. The van der Waals surface area contributed by atoms with Crippen molar-refractivity contribution in [3.63, 3.8) is 0 Å². The highest BCUT2D eigenvalue weighted by Crippen LogP contribution is 2.25. The number of fused-ring (bicyclic) bond motifs is 3. The van der Waals surface area contributed by atoms with Gasteiger partial charge in [0, 0.05) is 25.2 Å². The van der Waals surface area contributed by atoms with Crippen LogP contribution in [0.4, 0.5) is 0 Å². The van der Waals surface area contributed by atoms with E-state index in [1.807, 2.05) is 0 Å². The lowest BCUT2D eigenvalue weighted by Gasteiger charge is -2.48. The first-order chi connectivity index (χ1) is 4.77. The lowest BCUT2D eigenvalue weighted by Crippen LogP contribution is -2.59. The summed E-state index contributed by atoms with van der Waals surface area (Å²) in [6.07, 6.45) is 2.84. The Morgan fingerprint density at radius 3 is 1.50 bits per heavy atom. The maximum atomic E-state index is 2.51. The van der Waals surface area contributed by atoms with Crippen LogP contribution in [0.3, 0.4) is 0 Å². The van der Waals surface area contributed by atoms with Gasteiger partial charge in [0.25, 0.3) is 0 Å². The van der Waals surface area contributed by atoms with Crippen molar-refractivity contribution >= 4 is 0 Å². The van der Waals surface area contributed by atoms with Crippen molar-refractivity contribution < 1.29 is 0 Å². The van der Waals surface area contributed by atoms with Gasteiger partial charge in [0.15, 0.2) is 0 Å². The van der Waals surface area contributed by atoms with E-state index >= 15 is 0 Å². The van der Waals surface area contributed by atoms with Gasteiger partial charge in [-0.25, -0.2) is 0 Å². The molecule has 2 heteroatoms. The molecule has 3 aliphatic rings. The molecule has 2 atom stereocenters. The fourth-order valence-corrected chi connectivity index (χ4v) is 2.25. The summed E-state index contributed by atoms with van der Waals surface area (Å²) in [5.41, 5.74) is 0. The molecule has 0 aromatic heterocycles. The maximum Gasteiger partial charge on any atom is 0.0221 e. The normalized spacial score (nSPS) is 42.6. The van der Waals surface area contributed by atoms with Crippen molar-refractivity contribution in [3.05, 3.63) is 0 Å². The third-order valence-corrected chi connectivity index (χ3v) is 3.08. The number of piperazine rings is 1. The molecule has 3 rings (SSSR count). The minimum Gasteiger partial charge on any atom is -0.301 e. The van der Waals surface area contributed by atoms with Gasteiger partial charge in [-0.2, -0.15) is 0 Å². The minimum absolute atomic E-state index is 0.856. The molecule has 0 aromatic carbocycles. The van der Waals surface area contributed by atoms with Crippen LogP contribution in [0.5, 0.6) is 0 Å². The molecule has 0 saturated carbocycles. The molecule has 2 nitrogen and oxygen atoms in total. The third-order valence-electron chi connectivity index (χ3n) is 3.08. The standard InChI is InChI=1S/C8H16N2/c1-9-5-8-4-3-7(9)6-10(8)2/h7-8H,3-6H2,1-2H3. The van der Waals surface area contributed by atoms with Gasteiger partial charge in [-0.3, -0.25) is 0 Å².